The van der Waals surface area contributed by atoms with Gasteiger partial charge in [-0.3, -0.25) is 9.59 Å². The second kappa shape index (κ2) is 18.6. The number of hydrogen-bond acceptors (Lipinski definition) is 9. The van der Waals surface area contributed by atoms with E-state index >= 15 is 0 Å². The molecule has 0 radical (unpaired) electrons. The Morgan fingerprint density at radius 3 is 2.16 bits per heavy atom. The van der Waals surface area contributed by atoms with Crippen molar-refractivity contribution in [2.45, 2.75) is 57.8 Å². The fraction of sp³-hybridized carbons (Fsp3) is 0.351. The Bertz CT molecular complexity index is 1700. The van der Waals surface area contributed by atoms with Crippen molar-refractivity contribution < 1.29 is 43.6 Å². The number of aliphatic hydroxyl groups is 2. The van der Waals surface area contributed by atoms with Crippen LogP contribution >= 0.6 is 0 Å². The normalized spacial score (nSPS) is 12.4. The monoisotopic (exact) mass is 691 g/mol. The largest absolute Gasteiger partial charge is 0.463 e. The molecule has 1 aromatic heterocycles. The Labute approximate surface area is 289 Å². The van der Waals surface area contributed by atoms with Crippen LogP contribution in [-0.2, 0) is 25.7 Å². The SMILES string of the molecule is CC(C)c1c(C(=O)Nc2ccccc2)c(-c2ccccc2)c(-c2ccc(F)cc2)n1CCC(O)CC(O)CC(=O)OCCOCCO[N+](=O)[O-]. The summed E-state index contributed by atoms with van der Waals surface area (Å²) in [5.41, 5.74) is 4.62. The van der Waals surface area contributed by atoms with Gasteiger partial charge in [-0.05, 0) is 66.3 Å². The minimum Gasteiger partial charge on any atom is -0.463 e. The summed E-state index contributed by atoms with van der Waals surface area (Å²) in [5.74, 6) is -1.56. The van der Waals surface area contributed by atoms with Gasteiger partial charge in [-0.25, -0.2) is 4.39 Å². The van der Waals surface area contributed by atoms with Crippen molar-refractivity contribution in [3.63, 3.8) is 0 Å². The van der Waals surface area contributed by atoms with Crippen LogP contribution in [0.1, 0.15) is 55.1 Å². The molecule has 13 heteroatoms. The molecule has 12 nitrogen and oxygen atoms in total. The van der Waals surface area contributed by atoms with Crippen molar-refractivity contribution >= 4 is 17.6 Å². The zero-order chi connectivity index (χ0) is 36.0. The molecule has 3 aromatic carbocycles. The van der Waals surface area contributed by atoms with Gasteiger partial charge in [0.1, 0.15) is 19.0 Å². The summed E-state index contributed by atoms with van der Waals surface area (Å²) in [4.78, 5) is 40.6. The number of benzene rings is 3. The minimum atomic E-state index is -1.19. The van der Waals surface area contributed by atoms with Crippen LogP contribution in [0.25, 0.3) is 22.4 Å². The summed E-state index contributed by atoms with van der Waals surface area (Å²) in [6, 6.07) is 24.6. The van der Waals surface area contributed by atoms with E-state index in [1.165, 1.54) is 12.1 Å². The molecule has 0 aliphatic carbocycles. The van der Waals surface area contributed by atoms with Crippen LogP contribution in [-0.4, -0.2) is 70.4 Å². The second-order valence-electron chi connectivity index (χ2n) is 11.9. The maximum Gasteiger partial charge on any atom is 0.308 e. The quantitative estimate of drug-likeness (QED) is 0.0464. The van der Waals surface area contributed by atoms with E-state index in [9.17, 15) is 34.3 Å². The molecule has 2 atom stereocenters. The van der Waals surface area contributed by atoms with Crippen molar-refractivity contribution in [2.24, 2.45) is 0 Å². The molecule has 0 aliphatic rings. The van der Waals surface area contributed by atoms with Gasteiger partial charge >= 0.3 is 5.97 Å². The highest BCUT2D eigenvalue weighted by Crippen LogP contribution is 2.42. The molecule has 4 rings (SSSR count). The van der Waals surface area contributed by atoms with Gasteiger partial charge in [-0.15, -0.1) is 10.1 Å². The third-order valence-electron chi connectivity index (χ3n) is 7.84. The zero-order valence-corrected chi connectivity index (χ0v) is 28.0. The smallest absolute Gasteiger partial charge is 0.308 e. The molecule has 0 spiro atoms. The van der Waals surface area contributed by atoms with Crippen LogP contribution in [0.2, 0.25) is 0 Å². The number of halogens is 1. The number of hydrogen-bond donors (Lipinski definition) is 3. The number of anilines is 1. The van der Waals surface area contributed by atoms with Gasteiger partial charge in [0.25, 0.3) is 11.0 Å². The summed E-state index contributed by atoms with van der Waals surface area (Å²) in [6.45, 7) is 3.77. The van der Waals surface area contributed by atoms with Crippen LogP contribution < -0.4 is 5.32 Å². The number of ether oxygens (including phenoxy) is 2. The molecule has 0 bridgehead atoms. The predicted octanol–water partition coefficient (Wildman–Crippen LogP) is 6.00. The molecule has 4 aromatic rings. The number of aliphatic hydroxyl groups excluding tert-OH is 2. The molecule has 0 saturated heterocycles. The van der Waals surface area contributed by atoms with Crippen molar-refractivity contribution in [3.05, 3.63) is 112 Å². The number of nitrogens with one attached hydrogen (secondary N) is 1. The molecule has 0 saturated carbocycles. The summed E-state index contributed by atoms with van der Waals surface area (Å²) in [5, 5.41) is 33.8. The van der Waals surface area contributed by atoms with Crippen molar-refractivity contribution in [1.82, 2.24) is 4.57 Å². The fourth-order valence-corrected chi connectivity index (χ4v) is 5.74. The summed E-state index contributed by atoms with van der Waals surface area (Å²) >= 11 is 0. The van der Waals surface area contributed by atoms with Crippen LogP contribution in [0.4, 0.5) is 10.1 Å². The van der Waals surface area contributed by atoms with Gasteiger partial charge in [-0.2, -0.15) is 0 Å². The highest BCUT2D eigenvalue weighted by Gasteiger charge is 2.31. The highest BCUT2D eigenvalue weighted by molar-refractivity contribution is 6.12. The Kier molecular flexibility index (Phi) is 14.0. The fourth-order valence-electron chi connectivity index (χ4n) is 5.74. The van der Waals surface area contributed by atoms with Gasteiger partial charge in [-0.1, -0.05) is 62.4 Å². The van der Waals surface area contributed by atoms with Crippen LogP contribution in [0.15, 0.2) is 84.9 Å². The number of carbonyl (C=O) groups excluding carboxylic acids is 2. The molecule has 50 heavy (non-hydrogen) atoms. The summed E-state index contributed by atoms with van der Waals surface area (Å²) in [7, 11) is 0. The first-order valence-corrected chi connectivity index (χ1v) is 16.4. The van der Waals surface area contributed by atoms with E-state index in [4.69, 9.17) is 9.47 Å². The Balaban J connectivity index is 1.57. The van der Waals surface area contributed by atoms with E-state index in [-0.39, 0.29) is 64.1 Å². The van der Waals surface area contributed by atoms with Gasteiger partial charge < -0.3 is 34.4 Å². The lowest BCUT2D eigenvalue weighted by Gasteiger charge is -2.20. The lowest BCUT2D eigenvalue weighted by Crippen LogP contribution is -2.24. The molecular formula is C37H42FN3O9. The Morgan fingerprint density at radius 1 is 0.880 bits per heavy atom. The Hall–Kier alpha value is -5.11. The van der Waals surface area contributed by atoms with Crippen molar-refractivity contribution in [1.29, 1.82) is 0 Å². The maximum atomic E-state index is 14.2. The number of esters is 1. The van der Waals surface area contributed by atoms with Crippen molar-refractivity contribution in [3.8, 4) is 22.4 Å². The highest BCUT2D eigenvalue weighted by atomic mass is 19.1. The topological polar surface area (TPSA) is 162 Å². The average Bonchev–Trinajstić information content (AvgIpc) is 3.43. The number of rotatable bonds is 19. The van der Waals surface area contributed by atoms with E-state index < -0.39 is 29.1 Å². The van der Waals surface area contributed by atoms with E-state index in [2.05, 4.69) is 10.2 Å². The first kappa shape index (κ1) is 37.7. The first-order chi connectivity index (χ1) is 24.0. The molecular weight excluding hydrogens is 649 g/mol. The molecule has 1 heterocycles. The molecule has 266 valence electrons. The number of nitrogens with zero attached hydrogens (tertiary/aromatic N) is 2. The maximum absolute atomic E-state index is 14.2. The third kappa shape index (κ3) is 10.7. The molecule has 2 unspecified atom stereocenters. The van der Waals surface area contributed by atoms with Crippen LogP contribution in [0, 0.1) is 15.9 Å². The standard InChI is InChI=1S/C37H42FN3O9/c1-25(2)35-34(37(45)39-29-11-7-4-8-12-29)33(26-9-5-3-6-10-26)36(27-13-15-28(38)16-14-27)40(35)18-17-30(42)23-31(43)24-32(44)49-21-19-48-20-22-50-41(46)47/h3-16,25,30-31,42-43H,17-24H2,1-2H3,(H,39,45). The number of aromatic nitrogens is 1. The van der Waals surface area contributed by atoms with Crippen molar-refractivity contribution in [2.75, 3.05) is 31.7 Å². The predicted molar refractivity (Wildman–Crippen MR) is 184 cm³/mol. The molecule has 3 N–H and O–H groups in total. The van der Waals surface area contributed by atoms with Gasteiger partial charge in [0.2, 0.25) is 0 Å². The van der Waals surface area contributed by atoms with Crippen LogP contribution in [0.5, 0.6) is 0 Å². The van der Waals surface area contributed by atoms with E-state index in [1.807, 2.05) is 66.9 Å². The molecule has 0 fully saturated rings. The van der Waals surface area contributed by atoms with E-state index in [1.54, 1.807) is 24.3 Å². The second-order valence-corrected chi connectivity index (χ2v) is 11.9. The summed E-state index contributed by atoms with van der Waals surface area (Å²) in [6.07, 6.45) is -2.51. The number of amides is 1. The first-order valence-electron chi connectivity index (χ1n) is 16.4. The third-order valence-corrected chi connectivity index (χ3v) is 7.84. The number of para-hydroxylation sites is 1. The zero-order valence-electron chi connectivity index (χ0n) is 28.0. The average molecular weight is 692 g/mol. The van der Waals surface area contributed by atoms with Gasteiger partial charge in [0.05, 0.1) is 43.1 Å². The van der Waals surface area contributed by atoms with Gasteiger partial charge in [0, 0.05) is 23.5 Å². The van der Waals surface area contributed by atoms with E-state index in [0.29, 0.717) is 28.1 Å². The lowest BCUT2D eigenvalue weighted by atomic mass is 9.94. The minimum absolute atomic E-state index is 0.00664. The molecule has 1 amide bonds. The lowest BCUT2D eigenvalue weighted by molar-refractivity contribution is -0.758. The number of carbonyl (C=O) groups is 2. The van der Waals surface area contributed by atoms with Crippen LogP contribution in [0.3, 0.4) is 0 Å². The Morgan fingerprint density at radius 2 is 1.52 bits per heavy atom. The summed E-state index contributed by atoms with van der Waals surface area (Å²) < 4.78 is 26.2. The van der Waals surface area contributed by atoms with Gasteiger partial charge in [0.15, 0.2) is 0 Å². The van der Waals surface area contributed by atoms with E-state index in [0.717, 1.165) is 11.3 Å². The molecule has 0 aliphatic heterocycles.